The molecule has 1 aromatic heterocycles. The lowest BCUT2D eigenvalue weighted by Gasteiger charge is -2.23. The highest BCUT2D eigenvalue weighted by Crippen LogP contribution is 2.33. The molecule has 1 aliphatic rings. The molecule has 10 heteroatoms. The average Bonchev–Trinajstić information content (AvgIpc) is 3.48. The molecule has 3 aromatic rings. The lowest BCUT2D eigenvalue weighted by atomic mass is 10.2. The number of likely N-dealkylation sites (tertiary alicyclic amines) is 1. The van der Waals surface area contributed by atoms with Crippen molar-refractivity contribution in [3.63, 3.8) is 0 Å². The van der Waals surface area contributed by atoms with Gasteiger partial charge in [0.25, 0.3) is 5.89 Å². The average molecular weight is 442 g/mol. The third kappa shape index (κ3) is 4.74. The fraction of sp³-hybridized carbons (Fsp3) is 0.318. The summed E-state index contributed by atoms with van der Waals surface area (Å²) in [5.41, 5.74) is 0.533. The summed E-state index contributed by atoms with van der Waals surface area (Å²) in [6.07, 6.45) is 1.53. The Bertz CT molecular complexity index is 1070. The number of methoxy groups -OCH3 is 2. The Labute approximate surface area is 184 Å². The van der Waals surface area contributed by atoms with Crippen molar-refractivity contribution in [2.75, 3.05) is 26.1 Å². The second kappa shape index (κ2) is 9.54. The van der Waals surface area contributed by atoms with Crippen molar-refractivity contribution in [3.8, 4) is 17.2 Å². The van der Waals surface area contributed by atoms with Crippen LogP contribution in [-0.4, -0.2) is 41.8 Å². The number of carbonyl (C=O) groups excluding carboxylic acids is 1. The Kier molecular flexibility index (Phi) is 6.39. The van der Waals surface area contributed by atoms with Gasteiger partial charge in [0.1, 0.15) is 23.1 Å². The van der Waals surface area contributed by atoms with E-state index in [9.17, 15) is 9.18 Å². The minimum Gasteiger partial charge on any atom is -0.497 e. The molecule has 1 unspecified atom stereocenters. The summed E-state index contributed by atoms with van der Waals surface area (Å²) < 4.78 is 34.4. The van der Waals surface area contributed by atoms with Gasteiger partial charge >= 0.3 is 6.03 Å². The van der Waals surface area contributed by atoms with Gasteiger partial charge in [0.15, 0.2) is 12.4 Å². The van der Waals surface area contributed by atoms with Crippen LogP contribution in [0.1, 0.15) is 30.6 Å². The molecule has 0 radical (unpaired) electrons. The number of anilines is 1. The number of benzene rings is 2. The first-order valence-corrected chi connectivity index (χ1v) is 10.1. The number of urea groups is 1. The zero-order valence-electron chi connectivity index (χ0n) is 17.7. The number of nitrogens with zero attached hydrogens (tertiary/aromatic N) is 3. The summed E-state index contributed by atoms with van der Waals surface area (Å²) in [5, 5.41) is 6.91. The lowest BCUT2D eigenvalue weighted by Crippen LogP contribution is -2.35. The van der Waals surface area contributed by atoms with Gasteiger partial charge in [-0.25, -0.2) is 9.18 Å². The van der Waals surface area contributed by atoms with Crippen LogP contribution in [0.4, 0.5) is 14.9 Å². The molecule has 0 saturated carbocycles. The summed E-state index contributed by atoms with van der Waals surface area (Å²) >= 11 is 0. The van der Waals surface area contributed by atoms with E-state index in [1.165, 1.54) is 31.4 Å². The molecular formula is C22H23FN4O5. The van der Waals surface area contributed by atoms with E-state index in [0.29, 0.717) is 41.7 Å². The summed E-state index contributed by atoms with van der Waals surface area (Å²) in [4.78, 5) is 19.0. The van der Waals surface area contributed by atoms with Crippen LogP contribution in [0.2, 0.25) is 0 Å². The van der Waals surface area contributed by atoms with Crippen molar-refractivity contribution in [1.29, 1.82) is 0 Å². The lowest BCUT2D eigenvalue weighted by molar-refractivity contribution is 0.203. The van der Waals surface area contributed by atoms with Crippen LogP contribution >= 0.6 is 0 Å². The normalized spacial score (nSPS) is 15.5. The number of carbonyl (C=O) groups is 1. The molecule has 1 fully saturated rings. The van der Waals surface area contributed by atoms with Gasteiger partial charge in [0, 0.05) is 12.6 Å². The molecule has 2 aromatic carbocycles. The van der Waals surface area contributed by atoms with Gasteiger partial charge in [0.2, 0.25) is 0 Å². The third-order valence-electron chi connectivity index (χ3n) is 5.12. The van der Waals surface area contributed by atoms with Crippen molar-refractivity contribution < 1.29 is 27.9 Å². The molecule has 2 heterocycles. The summed E-state index contributed by atoms with van der Waals surface area (Å²) in [6, 6.07) is 10.2. The number of hydrogen-bond acceptors (Lipinski definition) is 7. The maximum atomic E-state index is 13.0. The monoisotopic (exact) mass is 442 g/mol. The largest absolute Gasteiger partial charge is 0.497 e. The summed E-state index contributed by atoms with van der Waals surface area (Å²) in [6.45, 7) is 0.603. The zero-order valence-corrected chi connectivity index (χ0v) is 17.7. The highest BCUT2D eigenvalue weighted by atomic mass is 19.1. The molecule has 168 valence electrons. The van der Waals surface area contributed by atoms with Gasteiger partial charge in [0.05, 0.1) is 25.9 Å². The highest BCUT2D eigenvalue weighted by Gasteiger charge is 2.34. The van der Waals surface area contributed by atoms with Crippen LogP contribution in [0.25, 0.3) is 0 Å². The maximum Gasteiger partial charge on any atom is 0.322 e. The van der Waals surface area contributed by atoms with Gasteiger partial charge in [-0.1, -0.05) is 5.16 Å². The van der Waals surface area contributed by atoms with Gasteiger partial charge in [-0.3, -0.25) is 0 Å². The van der Waals surface area contributed by atoms with Crippen LogP contribution < -0.4 is 19.5 Å². The van der Waals surface area contributed by atoms with Crippen LogP contribution in [0.3, 0.4) is 0 Å². The van der Waals surface area contributed by atoms with E-state index in [2.05, 4.69) is 15.5 Å². The standard InChI is InChI=1S/C22H23FN4O5/c1-29-16-9-10-17(19(12-16)30-2)24-22(28)27-11-3-4-18(27)21-25-20(32-26-21)13-31-15-7-5-14(23)6-8-15/h5-10,12,18H,3-4,11,13H2,1-2H3,(H,24,28). The molecule has 4 rings (SSSR count). The topological polar surface area (TPSA) is 99.0 Å². The molecule has 1 N–H and O–H groups in total. The second-order valence-electron chi connectivity index (χ2n) is 7.14. The minimum atomic E-state index is -0.343. The van der Waals surface area contributed by atoms with Crippen molar-refractivity contribution in [2.45, 2.75) is 25.5 Å². The number of nitrogens with one attached hydrogen (secondary N) is 1. The number of halogens is 1. The Morgan fingerprint density at radius 2 is 1.97 bits per heavy atom. The van der Waals surface area contributed by atoms with Gasteiger partial charge in [-0.2, -0.15) is 4.98 Å². The van der Waals surface area contributed by atoms with E-state index in [0.717, 1.165) is 6.42 Å². The van der Waals surface area contributed by atoms with E-state index in [1.54, 1.807) is 30.2 Å². The number of ether oxygens (including phenoxy) is 3. The summed E-state index contributed by atoms with van der Waals surface area (Å²) in [5.74, 6) is 1.95. The number of amides is 2. The van der Waals surface area contributed by atoms with Gasteiger partial charge < -0.3 is 29.0 Å². The van der Waals surface area contributed by atoms with E-state index >= 15 is 0 Å². The van der Waals surface area contributed by atoms with Crippen molar-refractivity contribution in [1.82, 2.24) is 15.0 Å². The van der Waals surface area contributed by atoms with Crippen LogP contribution in [0.5, 0.6) is 17.2 Å². The first-order valence-electron chi connectivity index (χ1n) is 10.1. The van der Waals surface area contributed by atoms with Gasteiger partial charge in [-0.05, 0) is 49.2 Å². The Hall–Kier alpha value is -3.82. The quantitative estimate of drug-likeness (QED) is 0.586. The van der Waals surface area contributed by atoms with Crippen molar-refractivity contribution in [2.24, 2.45) is 0 Å². The third-order valence-corrected chi connectivity index (χ3v) is 5.12. The van der Waals surface area contributed by atoms with Crippen LogP contribution in [-0.2, 0) is 6.61 Å². The predicted octanol–water partition coefficient (Wildman–Crippen LogP) is 4.17. The van der Waals surface area contributed by atoms with Crippen LogP contribution in [0.15, 0.2) is 47.0 Å². The fourth-order valence-corrected chi connectivity index (χ4v) is 3.50. The molecule has 9 nitrogen and oxygen atoms in total. The molecule has 2 amide bonds. The second-order valence-corrected chi connectivity index (χ2v) is 7.14. The molecular weight excluding hydrogens is 419 g/mol. The van der Waals surface area contributed by atoms with Crippen molar-refractivity contribution >= 4 is 11.7 Å². The van der Waals surface area contributed by atoms with E-state index in [-0.39, 0.29) is 30.4 Å². The molecule has 0 spiro atoms. The molecule has 0 bridgehead atoms. The Morgan fingerprint density at radius 3 is 2.72 bits per heavy atom. The Balaban J connectivity index is 1.41. The van der Waals surface area contributed by atoms with Crippen LogP contribution in [0, 0.1) is 5.82 Å². The number of rotatable bonds is 7. The van der Waals surface area contributed by atoms with E-state index in [4.69, 9.17) is 18.7 Å². The van der Waals surface area contributed by atoms with E-state index < -0.39 is 0 Å². The zero-order chi connectivity index (χ0) is 22.5. The molecule has 32 heavy (non-hydrogen) atoms. The number of aromatic nitrogens is 2. The SMILES string of the molecule is COc1ccc(NC(=O)N2CCCC2c2noc(COc3ccc(F)cc3)n2)c(OC)c1. The minimum absolute atomic E-state index is 0.0423. The Morgan fingerprint density at radius 1 is 1.19 bits per heavy atom. The first kappa shape index (κ1) is 21.4. The smallest absolute Gasteiger partial charge is 0.322 e. The van der Waals surface area contributed by atoms with Gasteiger partial charge in [-0.15, -0.1) is 0 Å². The fourth-order valence-electron chi connectivity index (χ4n) is 3.50. The summed E-state index contributed by atoms with van der Waals surface area (Å²) in [7, 11) is 3.09. The van der Waals surface area contributed by atoms with E-state index in [1.807, 2.05) is 0 Å². The molecule has 0 aliphatic carbocycles. The van der Waals surface area contributed by atoms with Crippen molar-refractivity contribution in [3.05, 3.63) is 60.0 Å². The molecule has 1 atom stereocenters. The molecule has 1 aliphatic heterocycles. The highest BCUT2D eigenvalue weighted by molar-refractivity contribution is 5.91. The maximum absolute atomic E-state index is 13.0. The predicted molar refractivity (Wildman–Crippen MR) is 112 cm³/mol. The first-order chi connectivity index (χ1) is 15.6. The number of hydrogen-bond donors (Lipinski definition) is 1. The molecule has 1 saturated heterocycles.